The van der Waals surface area contributed by atoms with Gasteiger partial charge in [-0.05, 0) is 63.5 Å². The normalized spacial score (nSPS) is 23.2. The average molecular weight is 382 g/mol. The maximum absolute atomic E-state index is 6.17. The van der Waals surface area contributed by atoms with Gasteiger partial charge in [0.1, 0.15) is 0 Å². The summed E-state index contributed by atoms with van der Waals surface area (Å²) in [6.07, 6.45) is 4.58. The number of piperidine rings is 1. The Hall–Kier alpha value is -0.0300. The fourth-order valence-corrected chi connectivity index (χ4v) is 3.87. The molecule has 3 rings (SSSR count). The van der Waals surface area contributed by atoms with E-state index in [-0.39, 0.29) is 30.4 Å². The van der Waals surface area contributed by atoms with Crippen LogP contribution in [0.15, 0.2) is 24.3 Å². The summed E-state index contributed by atoms with van der Waals surface area (Å²) in [6, 6.07) is 8.79. The monoisotopic (exact) mass is 380 g/mol. The van der Waals surface area contributed by atoms with Crippen molar-refractivity contribution in [2.45, 2.75) is 43.9 Å². The van der Waals surface area contributed by atoms with Crippen LogP contribution in [0.1, 0.15) is 31.2 Å². The van der Waals surface area contributed by atoms with Gasteiger partial charge in [-0.3, -0.25) is 4.90 Å². The zero-order valence-corrected chi connectivity index (χ0v) is 16.0. The molecule has 2 aliphatic rings. The van der Waals surface area contributed by atoms with Crippen LogP contribution in [0.25, 0.3) is 0 Å². The van der Waals surface area contributed by atoms with Gasteiger partial charge in [-0.2, -0.15) is 0 Å². The molecule has 0 aliphatic carbocycles. The number of hydrogen-bond donors (Lipinski definition) is 1. The Morgan fingerprint density at radius 1 is 1.30 bits per heavy atom. The molecule has 2 aliphatic heterocycles. The highest BCUT2D eigenvalue weighted by molar-refractivity contribution is 6.30. The van der Waals surface area contributed by atoms with Crippen LogP contribution in [-0.2, 0) is 11.3 Å². The van der Waals surface area contributed by atoms with E-state index in [1.54, 1.807) is 0 Å². The van der Waals surface area contributed by atoms with Crippen molar-refractivity contribution in [2.24, 2.45) is 0 Å². The van der Waals surface area contributed by atoms with Crippen LogP contribution in [0.4, 0.5) is 0 Å². The van der Waals surface area contributed by atoms with Crippen molar-refractivity contribution >= 4 is 36.4 Å². The van der Waals surface area contributed by atoms with Gasteiger partial charge in [-0.1, -0.05) is 23.7 Å². The Bertz CT molecular complexity index is 475. The molecule has 3 nitrogen and oxygen atoms in total. The second-order valence-corrected chi connectivity index (χ2v) is 6.91. The minimum Gasteiger partial charge on any atom is -0.375 e. The molecule has 1 spiro atoms. The van der Waals surface area contributed by atoms with E-state index < -0.39 is 0 Å². The number of rotatable bonds is 3. The van der Waals surface area contributed by atoms with E-state index in [9.17, 15) is 0 Å². The van der Waals surface area contributed by atoms with Crippen molar-refractivity contribution in [3.63, 3.8) is 0 Å². The van der Waals surface area contributed by atoms with Crippen LogP contribution in [0.5, 0.6) is 0 Å². The molecule has 0 saturated carbocycles. The second kappa shape index (κ2) is 9.45. The quantitative estimate of drug-likeness (QED) is 0.859. The van der Waals surface area contributed by atoms with Gasteiger partial charge in [0.25, 0.3) is 0 Å². The lowest BCUT2D eigenvalue weighted by Gasteiger charge is -2.46. The summed E-state index contributed by atoms with van der Waals surface area (Å²) in [5, 5.41) is 4.26. The van der Waals surface area contributed by atoms with Crippen LogP contribution in [0.3, 0.4) is 0 Å². The Morgan fingerprint density at radius 3 is 2.74 bits per heavy atom. The molecule has 0 aromatic heterocycles. The first kappa shape index (κ1) is 21.0. The Labute approximate surface area is 156 Å². The molecule has 1 aromatic rings. The molecule has 132 valence electrons. The van der Waals surface area contributed by atoms with Gasteiger partial charge in [0, 0.05) is 24.2 Å². The first-order chi connectivity index (χ1) is 10.2. The average Bonchev–Trinajstić information content (AvgIpc) is 2.48. The topological polar surface area (TPSA) is 24.5 Å². The third kappa shape index (κ3) is 5.48. The molecule has 0 radical (unpaired) electrons. The van der Waals surface area contributed by atoms with Crippen molar-refractivity contribution < 1.29 is 4.74 Å². The van der Waals surface area contributed by atoms with Gasteiger partial charge in [0.2, 0.25) is 0 Å². The number of ether oxygens (including phenoxy) is 1. The summed E-state index contributed by atoms with van der Waals surface area (Å²) in [5.74, 6) is 0. The molecule has 2 saturated heterocycles. The van der Waals surface area contributed by atoms with Crippen LogP contribution < -0.4 is 5.32 Å². The molecule has 2 fully saturated rings. The van der Waals surface area contributed by atoms with Gasteiger partial charge in [0.05, 0.1) is 5.60 Å². The Morgan fingerprint density at radius 2 is 2.04 bits per heavy atom. The maximum atomic E-state index is 6.17. The van der Waals surface area contributed by atoms with Crippen LogP contribution in [-0.4, -0.2) is 43.3 Å². The van der Waals surface area contributed by atoms with Crippen molar-refractivity contribution in [1.29, 1.82) is 0 Å². The second-order valence-electron chi connectivity index (χ2n) is 6.47. The van der Waals surface area contributed by atoms with E-state index in [0.717, 1.165) is 56.9 Å². The van der Waals surface area contributed by atoms with Gasteiger partial charge in [-0.15, -0.1) is 24.8 Å². The molecule has 1 unspecified atom stereocenters. The molecule has 6 heteroatoms. The zero-order chi connectivity index (χ0) is 14.7. The van der Waals surface area contributed by atoms with Crippen molar-refractivity contribution in [2.75, 3.05) is 26.7 Å². The Kier molecular flexibility index (Phi) is 8.64. The molecule has 1 atom stereocenters. The lowest BCUT2D eigenvalue weighted by atomic mass is 9.82. The van der Waals surface area contributed by atoms with E-state index in [1.807, 2.05) is 12.1 Å². The Balaban J connectivity index is 0.00000132. The smallest absolute Gasteiger partial charge is 0.0721 e. The van der Waals surface area contributed by atoms with Crippen LogP contribution >= 0.6 is 36.4 Å². The summed E-state index contributed by atoms with van der Waals surface area (Å²) >= 11 is 6.09. The predicted molar refractivity (Wildman–Crippen MR) is 101 cm³/mol. The number of benzene rings is 1. The van der Waals surface area contributed by atoms with Gasteiger partial charge in [0.15, 0.2) is 0 Å². The third-order valence-corrected chi connectivity index (χ3v) is 5.16. The van der Waals surface area contributed by atoms with E-state index in [1.165, 1.54) is 5.56 Å². The molecule has 0 amide bonds. The maximum Gasteiger partial charge on any atom is 0.0721 e. The first-order valence-electron chi connectivity index (χ1n) is 7.96. The standard InChI is InChI=1S/C17H25ClN2O.2ClH/c1-20(13-14-3-2-4-15(18)11-14)16-5-10-21-17(12-16)6-8-19-9-7-17;;/h2-4,11,16,19H,5-10,12-13H2,1H3;2*1H. The number of nitrogens with one attached hydrogen (secondary N) is 1. The van der Waals surface area contributed by atoms with E-state index in [4.69, 9.17) is 16.3 Å². The van der Waals surface area contributed by atoms with Crippen LogP contribution in [0.2, 0.25) is 5.02 Å². The lowest BCUT2D eigenvalue weighted by Crippen LogP contribution is -2.52. The molecular weight excluding hydrogens is 355 g/mol. The van der Waals surface area contributed by atoms with Gasteiger partial charge >= 0.3 is 0 Å². The highest BCUT2D eigenvalue weighted by Gasteiger charge is 2.39. The fraction of sp³-hybridized carbons (Fsp3) is 0.647. The van der Waals surface area contributed by atoms with E-state index in [2.05, 4.69) is 29.4 Å². The fourth-order valence-electron chi connectivity index (χ4n) is 3.66. The minimum atomic E-state index is 0. The summed E-state index contributed by atoms with van der Waals surface area (Å²) in [7, 11) is 2.23. The van der Waals surface area contributed by atoms with Crippen LogP contribution in [0, 0.1) is 0 Å². The minimum absolute atomic E-state index is 0. The summed E-state index contributed by atoms with van der Waals surface area (Å²) < 4.78 is 6.17. The molecule has 1 N–H and O–H groups in total. The van der Waals surface area contributed by atoms with E-state index in [0.29, 0.717) is 6.04 Å². The highest BCUT2D eigenvalue weighted by atomic mass is 35.5. The third-order valence-electron chi connectivity index (χ3n) is 4.93. The number of nitrogens with zero attached hydrogens (tertiary/aromatic N) is 1. The summed E-state index contributed by atoms with van der Waals surface area (Å²) in [5.41, 5.74) is 1.41. The van der Waals surface area contributed by atoms with Gasteiger partial charge in [-0.25, -0.2) is 0 Å². The molecule has 1 aromatic carbocycles. The van der Waals surface area contributed by atoms with Gasteiger partial charge < -0.3 is 10.1 Å². The van der Waals surface area contributed by atoms with Crippen molar-refractivity contribution in [3.8, 4) is 0 Å². The predicted octanol–water partition coefficient (Wildman–Crippen LogP) is 3.92. The molecular formula is C17H27Cl3N2O. The SMILES string of the molecule is CN(Cc1cccc(Cl)c1)C1CCOC2(CCNCC2)C1.Cl.Cl. The largest absolute Gasteiger partial charge is 0.375 e. The number of halogens is 3. The summed E-state index contributed by atoms with van der Waals surface area (Å²) in [6.45, 7) is 4.03. The molecule has 23 heavy (non-hydrogen) atoms. The first-order valence-corrected chi connectivity index (χ1v) is 8.34. The lowest BCUT2D eigenvalue weighted by molar-refractivity contribution is -0.119. The van der Waals surface area contributed by atoms with Crippen molar-refractivity contribution in [1.82, 2.24) is 10.2 Å². The molecule has 2 heterocycles. The number of hydrogen-bond acceptors (Lipinski definition) is 3. The zero-order valence-electron chi connectivity index (χ0n) is 13.6. The summed E-state index contributed by atoms with van der Waals surface area (Å²) in [4.78, 5) is 2.47. The van der Waals surface area contributed by atoms with E-state index >= 15 is 0 Å². The molecule has 0 bridgehead atoms. The highest BCUT2D eigenvalue weighted by Crippen LogP contribution is 2.35. The van der Waals surface area contributed by atoms with Crippen molar-refractivity contribution in [3.05, 3.63) is 34.9 Å².